The molecule has 5 heteroatoms. The van der Waals surface area contributed by atoms with Gasteiger partial charge < -0.3 is 10.4 Å². The van der Waals surface area contributed by atoms with E-state index in [0.29, 0.717) is 23.9 Å². The zero-order valence-electron chi connectivity index (χ0n) is 21.8. The van der Waals surface area contributed by atoms with Crippen LogP contribution in [0.15, 0.2) is 78.9 Å². The van der Waals surface area contributed by atoms with Gasteiger partial charge in [0.05, 0.1) is 11.1 Å². The van der Waals surface area contributed by atoms with E-state index in [1.54, 1.807) is 0 Å². The van der Waals surface area contributed by atoms with E-state index in [2.05, 4.69) is 53.8 Å². The number of amides is 1. The number of carboxylic acids is 1. The quantitative estimate of drug-likeness (QED) is 0.272. The van der Waals surface area contributed by atoms with Gasteiger partial charge in [0.15, 0.2) is 0 Å². The molecule has 0 atom stereocenters. The number of benzene rings is 3. The normalized spacial score (nSPS) is 17.3. The number of rotatable bonds is 8. The number of carbonyl (C=O) groups is 2. The van der Waals surface area contributed by atoms with Crippen LogP contribution >= 0.6 is 0 Å². The molecule has 5 nitrogen and oxygen atoms in total. The Morgan fingerprint density at radius 2 is 1.61 bits per heavy atom. The number of hydrogen-bond donors (Lipinski definition) is 2. The molecule has 0 bridgehead atoms. The van der Waals surface area contributed by atoms with Gasteiger partial charge in [0.1, 0.15) is 0 Å². The summed E-state index contributed by atoms with van der Waals surface area (Å²) in [5, 5.41) is 13.0. The number of pyridine rings is 1. The molecule has 1 amide bonds. The van der Waals surface area contributed by atoms with Gasteiger partial charge in [-0.15, -0.1) is 0 Å². The molecule has 1 aromatic heterocycles. The molecule has 4 aromatic rings. The van der Waals surface area contributed by atoms with Gasteiger partial charge >= 0.3 is 5.97 Å². The molecule has 1 aliphatic rings. The number of carbonyl (C=O) groups excluding carboxylic acids is 1. The van der Waals surface area contributed by atoms with E-state index in [4.69, 9.17) is 10.1 Å². The molecule has 3 aromatic carbocycles. The highest BCUT2D eigenvalue weighted by Gasteiger charge is 2.24. The topological polar surface area (TPSA) is 79.3 Å². The second kappa shape index (κ2) is 11.6. The van der Waals surface area contributed by atoms with Crippen LogP contribution in [0.1, 0.15) is 65.2 Å². The Labute approximate surface area is 223 Å². The Bertz CT molecular complexity index is 1420. The molecule has 1 fully saturated rings. The molecule has 1 saturated carbocycles. The SMILES string of the molecule is Cc1cc(C(=O)NCCc2ccccc2)c2ccc(-c3ccc(C4CCC(CC(=O)O)CC4)cc3)cc2n1. The average Bonchev–Trinajstić information content (AvgIpc) is 2.93. The lowest BCUT2D eigenvalue weighted by molar-refractivity contribution is -0.138. The maximum atomic E-state index is 13.0. The van der Waals surface area contributed by atoms with Crippen molar-refractivity contribution in [1.82, 2.24) is 10.3 Å². The first-order valence-corrected chi connectivity index (χ1v) is 13.5. The molecular formula is C33H34N2O3. The Morgan fingerprint density at radius 1 is 0.895 bits per heavy atom. The predicted molar refractivity (Wildman–Crippen MR) is 151 cm³/mol. The van der Waals surface area contributed by atoms with Crippen LogP contribution in [0.4, 0.5) is 0 Å². The first-order chi connectivity index (χ1) is 18.5. The summed E-state index contributed by atoms with van der Waals surface area (Å²) in [7, 11) is 0. The summed E-state index contributed by atoms with van der Waals surface area (Å²) in [4.78, 5) is 28.8. The van der Waals surface area contributed by atoms with E-state index in [-0.39, 0.29) is 12.3 Å². The number of aryl methyl sites for hydroxylation is 1. The van der Waals surface area contributed by atoms with Crippen LogP contribution in [-0.4, -0.2) is 28.5 Å². The van der Waals surface area contributed by atoms with Gasteiger partial charge in [-0.25, -0.2) is 0 Å². The van der Waals surface area contributed by atoms with Crippen LogP contribution in [0, 0.1) is 12.8 Å². The highest BCUT2D eigenvalue weighted by Crippen LogP contribution is 2.37. The van der Waals surface area contributed by atoms with E-state index in [9.17, 15) is 9.59 Å². The van der Waals surface area contributed by atoms with Crippen LogP contribution in [-0.2, 0) is 11.2 Å². The molecule has 0 aliphatic heterocycles. The molecule has 0 unspecified atom stereocenters. The van der Waals surface area contributed by atoms with Crippen molar-refractivity contribution in [3.63, 3.8) is 0 Å². The predicted octanol–water partition coefficient (Wildman–Crippen LogP) is 6.93. The molecule has 1 heterocycles. The van der Waals surface area contributed by atoms with E-state index in [1.807, 2.05) is 37.3 Å². The van der Waals surface area contributed by atoms with Gasteiger partial charge in [0, 0.05) is 24.0 Å². The van der Waals surface area contributed by atoms with E-state index in [1.165, 1.54) is 11.1 Å². The smallest absolute Gasteiger partial charge is 0.303 e. The number of carboxylic acid groups (broad SMARTS) is 1. The number of hydrogen-bond acceptors (Lipinski definition) is 3. The maximum absolute atomic E-state index is 13.0. The van der Waals surface area contributed by atoms with Gasteiger partial charge in [-0.2, -0.15) is 0 Å². The summed E-state index contributed by atoms with van der Waals surface area (Å²) in [5.41, 5.74) is 7.00. The van der Waals surface area contributed by atoms with E-state index >= 15 is 0 Å². The minimum absolute atomic E-state index is 0.0772. The summed E-state index contributed by atoms with van der Waals surface area (Å²) < 4.78 is 0. The second-order valence-electron chi connectivity index (χ2n) is 10.5. The van der Waals surface area contributed by atoms with Crippen molar-refractivity contribution in [2.75, 3.05) is 6.54 Å². The molecule has 38 heavy (non-hydrogen) atoms. The Kier molecular flexibility index (Phi) is 7.83. The minimum atomic E-state index is -0.686. The first kappa shape index (κ1) is 25.7. The molecular weight excluding hydrogens is 472 g/mol. The fourth-order valence-electron chi connectivity index (χ4n) is 5.68. The van der Waals surface area contributed by atoms with Crippen LogP contribution < -0.4 is 5.32 Å². The standard InChI is InChI=1S/C33H34N2O3/c1-22-19-30(33(38)34-18-17-23-5-3-2-4-6-23)29-16-15-28(21-31(29)35-22)27-13-11-26(12-14-27)25-9-7-24(8-10-25)20-32(36)37/h2-6,11-16,19,21,24-25H,7-10,17-18,20H2,1H3,(H,34,38)(H,36,37). The zero-order valence-corrected chi connectivity index (χ0v) is 21.8. The lowest BCUT2D eigenvalue weighted by Gasteiger charge is -2.28. The van der Waals surface area contributed by atoms with Crippen LogP contribution in [0.3, 0.4) is 0 Å². The summed E-state index contributed by atoms with van der Waals surface area (Å²) in [6.07, 6.45) is 5.14. The van der Waals surface area contributed by atoms with Crippen molar-refractivity contribution in [3.05, 3.63) is 101 Å². The highest BCUT2D eigenvalue weighted by atomic mass is 16.4. The summed E-state index contributed by atoms with van der Waals surface area (Å²) in [6.45, 7) is 2.50. The maximum Gasteiger partial charge on any atom is 0.303 e. The monoisotopic (exact) mass is 506 g/mol. The number of aromatic nitrogens is 1. The van der Waals surface area contributed by atoms with E-state index < -0.39 is 5.97 Å². The Morgan fingerprint density at radius 3 is 2.32 bits per heavy atom. The van der Waals surface area contributed by atoms with Gasteiger partial charge in [0.25, 0.3) is 5.91 Å². The summed E-state index contributed by atoms with van der Waals surface area (Å²) in [5.74, 6) is 0.0469. The van der Waals surface area contributed by atoms with Crippen LogP contribution in [0.2, 0.25) is 0 Å². The second-order valence-corrected chi connectivity index (χ2v) is 10.5. The van der Waals surface area contributed by atoms with Gasteiger partial charge in [-0.05, 0) is 85.3 Å². The number of fused-ring (bicyclic) bond motifs is 1. The van der Waals surface area contributed by atoms with Gasteiger partial charge in [0.2, 0.25) is 0 Å². The molecule has 0 saturated heterocycles. The van der Waals surface area contributed by atoms with Crippen molar-refractivity contribution in [2.45, 2.75) is 51.4 Å². The fourth-order valence-corrected chi connectivity index (χ4v) is 5.68. The third kappa shape index (κ3) is 6.10. The zero-order chi connectivity index (χ0) is 26.5. The van der Waals surface area contributed by atoms with E-state index in [0.717, 1.165) is 59.8 Å². The third-order valence-corrected chi connectivity index (χ3v) is 7.75. The van der Waals surface area contributed by atoms with Crippen LogP contribution in [0.5, 0.6) is 0 Å². The first-order valence-electron chi connectivity index (χ1n) is 13.5. The fraction of sp³-hybridized carbons (Fsp3) is 0.303. The summed E-state index contributed by atoms with van der Waals surface area (Å²) >= 11 is 0. The Hall–Kier alpha value is -3.99. The van der Waals surface area contributed by atoms with Crippen molar-refractivity contribution in [2.24, 2.45) is 5.92 Å². The lowest BCUT2D eigenvalue weighted by atomic mass is 9.77. The lowest BCUT2D eigenvalue weighted by Crippen LogP contribution is -2.26. The molecule has 0 radical (unpaired) electrons. The molecule has 0 spiro atoms. The van der Waals surface area contributed by atoms with Crippen molar-refractivity contribution in [3.8, 4) is 11.1 Å². The highest BCUT2D eigenvalue weighted by molar-refractivity contribution is 6.06. The molecule has 5 rings (SSSR count). The molecule has 2 N–H and O–H groups in total. The number of nitrogens with one attached hydrogen (secondary N) is 1. The largest absolute Gasteiger partial charge is 0.481 e. The summed E-state index contributed by atoms with van der Waals surface area (Å²) in [6, 6.07) is 26.9. The van der Waals surface area contributed by atoms with Gasteiger partial charge in [-0.3, -0.25) is 14.6 Å². The van der Waals surface area contributed by atoms with Crippen LogP contribution in [0.25, 0.3) is 22.0 Å². The van der Waals surface area contributed by atoms with Crippen molar-refractivity contribution >= 4 is 22.8 Å². The number of nitrogens with zero attached hydrogens (tertiary/aromatic N) is 1. The average molecular weight is 507 g/mol. The van der Waals surface area contributed by atoms with Crippen molar-refractivity contribution in [1.29, 1.82) is 0 Å². The molecule has 194 valence electrons. The van der Waals surface area contributed by atoms with Gasteiger partial charge in [-0.1, -0.05) is 66.7 Å². The Balaban J connectivity index is 1.28. The third-order valence-electron chi connectivity index (χ3n) is 7.75. The van der Waals surface area contributed by atoms with Crippen molar-refractivity contribution < 1.29 is 14.7 Å². The molecule has 1 aliphatic carbocycles. The minimum Gasteiger partial charge on any atom is -0.481 e. The number of aliphatic carboxylic acids is 1.